The number of aryl methyl sites for hydroxylation is 3. The first-order valence-electron chi connectivity index (χ1n) is 8.21. The highest BCUT2D eigenvalue weighted by molar-refractivity contribution is 6.09. The van der Waals surface area contributed by atoms with Gasteiger partial charge >= 0.3 is 0 Å². The molecule has 0 radical (unpaired) electrons. The number of rotatable bonds is 3. The van der Waals surface area contributed by atoms with Crippen molar-refractivity contribution in [1.29, 1.82) is 0 Å². The monoisotopic (exact) mass is 348 g/mol. The molecule has 26 heavy (non-hydrogen) atoms. The van der Waals surface area contributed by atoms with Crippen LogP contribution >= 0.6 is 0 Å². The lowest BCUT2D eigenvalue weighted by Crippen LogP contribution is -2.19. The van der Waals surface area contributed by atoms with E-state index < -0.39 is 5.91 Å². The van der Waals surface area contributed by atoms with Crippen molar-refractivity contribution in [1.82, 2.24) is 9.78 Å². The number of anilines is 2. The quantitative estimate of drug-likeness (QED) is 0.760. The van der Waals surface area contributed by atoms with Gasteiger partial charge in [0.05, 0.1) is 6.20 Å². The number of nitrogens with one attached hydrogen (secondary N) is 1. The Morgan fingerprint density at radius 2 is 1.65 bits per heavy atom. The van der Waals surface area contributed by atoms with Crippen LogP contribution in [0.2, 0.25) is 0 Å². The maximum absolute atomic E-state index is 12.6. The Morgan fingerprint density at radius 1 is 1.04 bits per heavy atom. The Bertz CT molecular complexity index is 967. The second kappa shape index (κ2) is 6.84. The van der Waals surface area contributed by atoms with Crippen LogP contribution in [0.5, 0.6) is 0 Å². The summed E-state index contributed by atoms with van der Waals surface area (Å²) in [4.78, 5) is 25.1. The number of hydrogen-bond donors (Lipinski definition) is 2. The topological polar surface area (TPSA) is 90.0 Å². The predicted molar refractivity (Wildman–Crippen MR) is 101 cm³/mol. The zero-order valence-electron chi connectivity index (χ0n) is 14.9. The third-order valence-corrected chi connectivity index (χ3v) is 4.18. The molecule has 6 heteroatoms. The van der Waals surface area contributed by atoms with Crippen LogP contribution in [-0.2, 0) is 0 Å². The molecule has 3 rings (SSSR count). The fourth-order valence-corrected chi connectivity index (χ4v) is 2.96. The van der Waals surface area contributed by atoms with Gasteiger partial charge in [0.15, 0.2) is 0 Å². The first kappa shape index (κ1) is 17.4. The number of carbonyl (C=O) groups excluding carboxylic acids is 2. The molecule has 0 saturated carbocycles. The lowest BCUT2D eigenvalue weighted by atomic mass is 10.0. The van der Waals surface area contributed by atoms with Gasteiger partial charge in [-0.05, 0) is 44.0 Å². The van der Waals surface area contributed by atoms with Gasteiger partial charge in [-0.1, -0.05) is 35.9 Å². The standard InChI is InChI=1S/C20H20N4O2/c1-12-9-13(2)17(14(3)10-12)23-19(25)16-11-22-24(18(16)21)20(26)15-7-5-4-6-8-15/h4-11H,21H2,1-3H3,(H,23,25). The molecule has 0 bridgehead atoms. The van der Waals surface area contributed by atoms with Gasteiger partial charge in [0.25, 0.3) is 11.8 Å². The highest BCUT2D eigenvalue weighted by Crippen LogP contribution is 2.23. The fourth-order valence-electron chi connectivity index (χ4n) is 2.96. The first-order valence-corrected chi connectivity index (χ1v) is 8.21. The molecule has 132 valence electrons. The van der Waals surface area contributed by atoms with Gasteiger partial charge in [0, 0.05) is 11.3 Å². The van der Waals surface area contributed by atoms with E-state index in [0.717, 1.165) is 27.1 Å². The van der Waals surface area contributed by atoms with Crippen LogP contribution in [0, 0.1) is 20.8 Å². The highest BCUT2D eigenvalue weighted by Gasteiger charge is 2.20. The van der Waals surface area contributed by atoms with Crippen molar-refractivity contribution in [2.75, 3.05) is 11.1 Å². The third kappa shape index (κ3) is 3.21. The van der Waals surface area contributed by atoms with Crippen LogP contribution < -0.4 is 11.1 Å². The number of nitrogens with two attached hydrogens (primary N) is 1. The summed E-state index contributed by atoms with van der Waals surface area (Å²) in [7, 11) is 0. The summed E-state index contributed by atoms with van der Waals surface area (Å²) in [5.41, 5.74) is 10.4. The van der Waals surface area contributed by atoms with Crippen LogP contribution in [0.15, 0.2) is 48.7 Å². The molecule has 0 aliphatic heterocycles. The molecule has 0 fully saturated rings. The normalized spacial score (nSPS) is 10.6. The Hall–Kier alpha value is -3.41. The van der Waals surface area contributed by atoms with Gasteiger partial charge in [-0.25, -0.2) is 0 Å². The van der Waals surface area contributed by atoms with Crippen molar-refractivity contribution in [3.8, 4) is 0 Å². The molecule has 0 saturated heterocycles. The largest absolute Gasteiger partial charge is 0.383 e. The molecule has 3 N–H and O–H groups in total. The number of nitrogen functional groups attached to an aromatic ring is 1. The van der Waals surface area contributed by atoms with E-state index in [1.165, 1.54) is 6.20 Å². The molecular weight excluding hydrogens is 328 g/mol. The fraction of sp³-hybridized carbons (Fsp3) is 0.150. The number of benzene rings is 2. The lowest BCUT2D eigenvalue weighted by Gasteiger charge is -2.12. The molecule has 0 aliphatic rings. The van der Waals surface area contributed by atoms with Gasteiger partial charge in [0.1, 0.15) is 11.4 Å². The summed E-state index contributed by atoms with van der Waals surface area (Å²) in [6, 6.07) is 12.6. The third-order valence-electron chi connectivity index (χ3n) is 4.18. The van der Waals surface area contributed by atoms with E-state index in [9.17, 15) is 9.59 Å². The summed E-state index contributed by atoms with van der Waals surface area (Å²) < 4.78 is 1.04. The van der Waals surface area contributed by atoms with Gasteiger partial charge < -0.3 is 11.1 Å². The van der Waals surface area contributed by atoms with Crippen molar-refractivity contribution >= 4 is 23.3 Å². The van der Waals surface area contributed by atoms with Crippen molar-refractivity contribution in [2.24, 2.45) is 0 Å². The summed E-state index contributed by atoms with van der Waals surface area (Å²) in [5.74, 6) is -0.770. The maximum Gasteiger partial charge on any atom is 0.280 e. The van der Waals surface area contributed by atoms with E-state index in [4.69, 9.17) is 5.73 Å². The van der Waals surface area contributed by atoms with E-state index in [0.29, 0.717) is 5.56 Å². The van der Waals surface area contributed by atoms with Gasteiger partial charge in [0.2, 0.25) is 0 Å². The average Bonchev–Trinajstić information content (AvgIpc) is 2.99. The number of carbonyl (C=O) groups is 2. The van der Waals surface area contributed by atoms with Crippen LogP contribution in [0.25, 0.3) is 0 Å². The number of amides is 1. The smallest absolute Gasteiger partial charge is 0.280 e. The Balaban J connectivity index is 1.88. The molecule has 0 aliphatic carbocycles. The van der Waals surface area contributed by atoms with Crippen molar-refractivity contribution in [3.63, 3.8) is 0 Å². The van der Waals surface area contributed by atoms with Gasteiger partial charge in [-0.2, -0.15) is 9.78 Å². The molecule has 0 atom stereocenters. The minimum atomic E-state index is -0.398. The molecule has 0 unspecified atom stereocenters. The van der Waals surface area contributed by atoms with Gasteiger partial charge in [-0.3, -0.25) is 9.59 Å². The Kier molecular flexibility index (Phi) is 4.58. The Labute approximate surface area is 151 Å². The van der Waals surface area contributed by atoms with E-state index in [2.05, 4.69) is 10.4 Å². The van der Waals surface area contributed by atoms with Gasteiger partial charge in [-0.15, -0.1) is 0 Å². The molecular formula is C20H20N4O2. The average molecular weight is 348 g/mol. The SMILES string of the molecule is Cc1cc(C)c(NC(=O)c2cnn(C(=O)c3ccccc3)c2N)c(C)c1. The molecule has 0 spiro atoms. The van der Waals surface area contributed by atoms with E-state index in [1.54, 1.807) is 24.3 Å². The molecule has 3 aromatic rings. The zero-order chi connectivity index (χ0) is 18.8. The molecule has 2 aromatic carbocycles. The first-order chi connectivity index (χ1) is 12.4. The molecule has 6 nitrogen and oxygen atoms in total. The maximum atomic E-state index is 12.6. The minimum absolute atomic E-state index is 0.0128. The van der Waals surface area contributed by atoms with Crippen molar-refractivity contribution in [3.05, 3.63) is 76.5 Å². The second-order valence-corrected chi connectivity index (χ2v) is 6.25. The minimum Gasteiger partial charge on any atom is -0.383 e. The second-order valence-electron chi connectivity index (χ2n) is 6.25. The molecule has 1 aromatic heterocycles. The summed E-state index contributed by atoms with van der Waals surface area (Å²) in [6.45, 7) is 5.87. The number of aromatic nitrogens is 2. The van der Waals surface area contributed by atoms with E-state index in [1.807, 2.05) is 39.0 Å². The summed E-state index contributed by atoms with van der Waals surface area (Å²) >= 11 is 0. The molecule has 1 amide bonds. The Morgan fingerprint density at radius 3 is 2.27 bits per heavy atom. The lowest BCUT2D eigenvalue weighted by molar-refractivity contribution is 0.0948. The summed E-state index contributed by atoms with van der Waals surface area (Å²) in [5, 5.41) is 6.87. The predicted octanol–water partition coefficient (Wildman–Crippen LogP) is 3.33. The number of nitrogens with zero attached hydrogens (tertiary/aromatic N) is 2. The summed E-state index contributed by atoms with van der Waals surface area (Å²) in [6.07, 6.45) is 1.31. The zero-order valence-corrected chi connectivity index (χ0v) is 14.9. The molecule has 1 heterocycles. The van der Waals surface area contributed by atoms with E-state index in [-0.39, 0.29) is 17.3 Å². The van der Waals surface area contributed by atoms with Crippen LogP contribution in [0.1, 0.15) is 37.4 Å². The van der Waals surface area contributed by atoms with Crippen molar-refractivity contribution < 1.29 is 9.59 Å². The number of hydrogen-bond acceptors (Lipinski definition) is 4. The van der Waals surface area contributed by atoms with Crippen molar-refractivity contribution in [2.45, 2.75) is 20.8 Å². The van der Waals surface area contributed by atoms with Crippen LogP contribution in [0.4, 0.5) is 11.5 Å². The van der Waals surface area contributed by atoms with E-state index >= 15 is 0 Å². The van der Waals surface area contributed by atoms with Crippen LogP contribution in [0.3, 0.4) is 0 Å². The highest BCUT2D eigenvalue weighted by atomic mass is 16.2. The van der Waals surface area contributed by atoms with Crippen LogP contribution in [-0.4, -0.2) is 21.6 Å².